The minimum atomic E-state index is -1.53. The van der Waals surface area contributed by atoms with Crippen LogP contribution in [-0.4, -0.2) is 37.1 Å². The van der Waals surface area contributed by atoms with Gasteiger partial charge in [0, 0.05) is 24.8 Å². The Hall–Kier alpha value is 0.910. The Balaban J connectivity index is 1.92. The number of nitrogens with zero attached hydrogens (tertiary/aromatic N) is 1. The van der Waals surface area contributed by atoms with Crippen LogP contribution in [-0.2, 0) is 4.79 Å². The van der Waals surface area contributed by atoms with Crippen molar-refractivity contribution in [3.8, 4) is 0 Å². The summed E-state index contributed by atoms with van der Waals surface area (Å²) in [6.07, 6.45) is 0.732. The van der Waals surface area contributed by atoms with Gasteiger partial charge >= 0.3 is 0 Å². The molecule has 9 heteroatoms. The number of hydrogen-bond donors (Lipinski definition) is 1. The van der Waals surface area contributed by atoms with Crippen LogP contribution < -0.4 is 5.43 Å². The average Bonchev–Trinajstić information content (AvgIpc) is 3.05. The molecule has 0 aromatic carbocycles. The molecule has 4 aliphatic rings. The van der Waals surface area contributed by atoms with Crippen molar-refractivity contribution in [2.45, 2.75) is 39.5 Å². The highest BCUT2D eigenvalue weighted by Crippen LogP contribution is 2.79. The molecule has 6 unspecified atom stereocenters. The van der Waals surface area contributed by atoms with E-state index in [0.717, 1.165) is 6.42 Å². The van der Waals surface area contributed by atoms with Crippen LogP contribution in [0.25, 0.3) is 0 Å². The molecule has 21 heavy (non-hydrogen) atoms. The number of alkyl halides is 4. The third-order valence-electron chi connectivity index (χ3n) is 5.37. The Kier molecular flexibility index (Phi) is 3.02. The lowest BCUT2D eigenvalue weighted by atomic mass is 9.80. The van der Waals surface area contributed by atoms with Gasteiger partial charge in [-0.3, -0.25) is 9.80 Å². The van der Waals surface area contributed by atoms with Gasteiger partial charge in [0.15, 0.2) is 4.33 Å². The number of halogens is 6. The van der Waals surface area contributed by atoms with E-state index in [1.54, 1.807) is 5.01 Å². The van der Waals surface area contributed by atoms with Gasteiger partial charge < -0.3 is 0 Å². The molecule has 6 atom stereocenters. The SMILES string of the molecule is CC(=O)N1NC2CC1C1C2C2(Cl)C(Cl)=C(Cl)C1(Cl)C2(Cl)Cl. The molecule has 1 heterocycles. The van der Waals surface area contributed by atoms with Crippen LogP contribution in [0.2, 0.25) is 0 Å². The van der Waals surface area contributed by atoms with E-state index in [-0.39, 0.29) is 39.9 Å². The lowest BCUT2D eigenvalue weighted by Gasteiger charge is -2.43. The molecular weight excluding hydrogens is 401 g/mol. The molecule has 116 valence electrons. The van der Waals surface area contributed by atoms with Gasteiger partial charge in [-0.1, -0.05) is 46.4 Å². The van der Waals surface area contributed by atoms with E-state index in [9.17, 15) is 4.79 Å². The number of hydrazine groups is 1. The topological polar surface area (TPSA) is 32.3 Å². The summed E-state index contributed by atoms with van der Waals surface area (Å²) in [6.45, 7) is 1.49. The highest BCUT2D eigenvalue weighted by atomic mass is 35.5. The van der Waals surface area contributed by atoms with Crippen LogP contribution in [0.4, 0.5) is 0 Å². The second-order valence-electron chi connectivity index (χ2n) is 6.11. The second-order valence-corrected chi connectivity index (χ2v) is 9.38. The van der Waals surface area contributed by atoms with Crippen molar-refractivity contribution < 1.29 is 4.79 Å². The van der Waals surface area contributed by atoms with Crippen molar-refractivity contribution >= 4 is 75.5 Å². The molecule has 1 saturated heterocycles. The summed E-state index contributed by atoms with van der Waals surface area (Å²) in [5.41, 5.74) is 3.16. The Morgan fingerprint density at radius 1 is 1.14 bits per heavy atom. The zero-order valence-electron chi connectivity index (χ0n) is 10.6. The summed E-state index contributed by atoms with van der Waals surface area (Å²) in [7, 11) is 0. The van der Waals surface area contributed by atoms with Crippen LogP contribution >= 0.6 is 69.6 Å². The van der Waals surface area contributed by atoms with Gasteiger partial charge in [0.05, 0.1) is 16.1 Å². The molecule has 1 aliphatic heterocycles. The molecule has 1 N–H and O–H groups in total. The molecule has 1 amide bonds. The molecular formula is C12H10Cl6N2O. The van der Waals surface area contributed by atoms with Crippen molar-refractivity contribution in [3.05, 3.63) is 10.1 Å². The largest absolute Gasteiger partial charge is 0.274 e. The first-order chi connectivity index (χ1) is 9.60. The zero-order valence-corrected chi connectivity index (χ0v) is 15.2. The van der Waals surface area contributed by atoms with Crippen LogP contribution in [0.5, 0.6) is 0 Å². The van der Waals surface area contributed by atoms with Gasteiger partial charge in [-0.15, -0.1) is 23.2 Å². The number of fused-ring (bicyclic) bond motifs is 9. The minimum absolute atomic E-state index is 0.0579. The third-order valence-corrected chi connectivity index (χ3v) is 9.66. The molecule has 0 spiro atoms. The molecule has 0 aromatic heterocycles. The van der Waals surface area contributed by atoms with Crippen molar-refractivity contribution in [1.82, 2.24) is 10.4 Å². The zero-order chi connectivity index (χ0) is 15.5. The Morgan fingerprint density at radius 2 is 1.67 bits per heavy atom. The van der Waals surface area contributed by atoms with Crippen molar-refractivity contribution in [1.29, 1.82) is 0 Å². The third kappa shape index (κ3) is 1.33. The number of allylic oxidation sites excluding steroid dienone is 2. The summed E-state index contributed by atoms with van der Waals surface area (Å²) in [5, 5.41) is 2.00. The fourth-order valence-electron chi connectivity index (χ4n) is 4.65. The number of nitrogens with one attached hydrogen (secondary N) is 1. The molecule has 0 aromatic rings. The molecule has 3 fully saturated rings. The first kappa shape index (κ1) is 15.4. The first-order valence-corrected chi connectivity index (χ1v) is 8.74. The summed E-state index contributed by atoms with van der Waals surface area (Å²) in [4.78, 5) is 9.25. The molecule has 4 bridgehead atoms. The quantitative estimate of drug-likeness (QED) is 0.489. The van der Waals surface area contributed by atoms with Crippen LogP contribution in [0.1, 0.15) is 13.3 Å². The molecule has 3 aliphatic carbocycles. The monoisotopic (exact) mass is 408 g/mol. The summed E-state index contributed by atoms with van der Waals surface area (Å²) < 4.78 is -1.53. The highest BCUT2D eigenvalue weighted by molar-refractivity contribution is 6.65. The Bertz CT molecular complexity index is 609. The number of hydrogen-bond acceptors (Lipinski definition) is 2. The van der Waals surface area contributed by atoms with Crippen molar-refractivity contribution in [3.63, 3.8) is 0 Å². The van der Waals surface area contributed by atoms with Crippen molar-refractivity contribution in [2.75, 3.05) is 0 Å². The van der Waals surface area contributed by atoms with Gasteiger partial charge in [-0.2, -0.15) is 0 Å². The van der Waals surface area contributed by atoms with E-state index in [4.69, 9.17) is 69.6 Å². The van der Waals surface area contributed by atoms with E-state index in [1.165, 1.54) is 6.92 Å². The Labute approximate surface area is 151 Å². The maximum Gasteiger partial charge on any atom is 0.233 e. The van der Waals surface area contributed by atoms with Crippen LogP contribution in [0.15, 0.2) is 10.1 Å². The number of rotatable bonds is 0. The van der Waals surface area contributed by atoms with E-state index in [2.05, 4.69) is 5.43 Å². The highest BCUT2D eigenvalue weighted by Gasteiger charge is 2.87. The average molecular weight is 411 g/mol. The lowest BCUT2D eigenvalue weighted by molar-refractivity contribution is -0.136. The summed E-state index contributed by atoms with van der Waals surface area (Å²) in [6, 6.07) is -0.205. The van der Waals surface area contributed by atoms with E-state index < -0.39 is 14.1 Å². The van der Waals surface area contributed by atoms with E-state index >= 15 is 0 Å². The van der Waals surface area contributed by atoms with Gasteiger partial charge in [0.2, 0.25) is 5.91 Å². The normalized spacial score (nSPS) is 52.8. The minimum Gasteiger partial charge on any atom is -0.274 e. The first-order valence-electron chi connectivity index (χ1n) is 6.48. The predicted molar refractivity (Wildman–Crippen MR) is 85.2 cm³/mol. The molecule has 3 nitrogen and oxygen atoms in total. The van der Waals surface area contributed by atoms with E-state index in [1.807, 2.05) is 0 Å². The smallest absolute Gasteiger partial charge is 0.233 e. The van der Waals surface area contributed by atoms with Crippen LogP contribution in [0.3, 0.4) is 0 Å². The lowest BCUT2D eigenvalue weighted by Crippen LogP contribution is -2.58. The van der Waals surface area contributed by atoms with Gasteiger partial charge in [-0.05, 0) is 6.42 Å². The number of amides is 1. The van der Waals surface area contributed by atoms with Gasteiger partial charge in [0.1, 0.15) is 9.75 Å². The fourth-order valence-corrected chi connectivity index (χ4v) is 7.76. The van der Waals surface area contributed by atoms with Crippen molar-refractivity contribution in [2.24, 2.45) is 11.8 Å². The standard InChI is InChI=1S/C12H10Cl6N2O/c1-3(21)20-5-2-4(19-20)6-7(5)11(16)9(14)8(13)10(6,15)12(11,17)18/h4-7,19H,2H2,1H3. The number of carbonyl (C=O) groups is 1. The fraction of sp³-hybridized carbons (Fsp3) is 0.750. The molecule has 0 radical (unpaired) electrons. The van der Waals surface area contributed by atoms with Gasteiger partial charge in [0.25, 0.3) is 0 Å². The second kappa shape index (κ2) is 4.11. The summed E-state index contributed by atoms with van der Waals surface area (Å²) >= 11 is 39.4. The maximum absolute atomic E-state index is 11.8. The Morgan fingerprint density at radius 3 is 2.19 bits per heavy atom. The van der Waals surface area contributed by atoms with Crippen LogP contribution in [0, 0.1) is 11.8 Å². The number of carbonyl (C=O) groups excluding carboxylic acids is 1. The summed E-state index contributed by atoms with van der Waals surface area (Å²) in [5.74, 6) is -0.507. The maximum atomic E-state index is 11.8. The van der Waals surface area contributed by atoms with E-state index in [0.29, 0.717) is 0 Å². The predicted octanol–water partition coefficient (Wildman–Crippen LogP) is 3.57. The molecule has 2 saturated carbocycles. The molecule has 4 rings (SSSR count). The van der Waals surface area contributed by atoms with Gasteiger partial charge in [-0.25, -0.2) is 5.43 Å².